The molecule has 167 valence electrons. The molecule has 2 heterocycles. The Morgan fingerprint density at radius 2 is 0.968 bits per heavy atom. The molecule has 0 bridgehead atoms. The van der Waals surface area contributed by atoms with Crippen molar-refractivity contribution in [2.24, 2.45) is 0 Å². The van der Waals surface area contributed by atoms with Crippen molar-refractivity contribution in [1.29, 1.82) is 0 Å². The molecular weight excluding hydrogens is 584 g/mol. The molecule has 0 aliphatic rings. The van der Waals surface area contributed by atoms with Gasteiger partial charge in [-0.1, -0.05) is 36.4 Å². The van der Waals surface area contributed by atoms with E-state index < -0.39 is 0 Å². The van der Waals surface area contributed by atoms with Gasteiger partial charge >= 0.3 is 0 Å². The molecule has 2 aromatic heterocycles. The molecule has 1 radical (unpaired) electrons. The Bertz CT molecular complexity index is 1040. The van der Waals surface area contributed by atoms with Crippen molar-refractivity contribution in [2.75, 3.05) is 0 Å². The summed E-state index contributed by atoms with van der Waals surface area (Å²) in [4.78, 5) is 2.06. The van der Waals surface area contributed by atoms with Gasteiger partial charge in [0.25, 0.3) is 11.4 Å². The first-order valence-corrected chi connectivity index (χ1v) is 10.3. The number of aromatic nitrogens is 4. The quantitative estimate of drug-likeness (QED) is 0.156. The van der Waals surface area contributed by atoms with Crippen molar-refractivity contribution in [3.8, 4) is 22.5 Å². The average molecular weight is 602 g/mol. The van der Waals surface area contributed by atoms with Crippen LogP contribution < -0.4 is 9.69 Å². The van der Waals surface area contributed by atoms with Crippen molar-refractivity contribution < 1.29 is 37.2 Å². The largest absolute Gasteiger partial charge is 0.593 e. The molecule has 2 N–H and O–H groups in total. The maximum absolute atomic E-state index is 11.6. The number of benzene rings is 2. The molecule has 2 aromatic carbocycles. The molecule has 0 fully saturated rings. The van der Waals surface area contributed by atoms with Gasteiger partial charge in [0.15, 0.2) is 0 Å². The van der Waals surface area contributed by atoms with Gasteiger partial charge in [-0.15, -0.1) is 0 Å². The van der Waals surface area contributed by atoms with E-state index in [0.717, 1.165) is 11.1 Å². The summed E-state index contributed by atoms with van der Waals surface area (Å²) in [6.45, 7) is 3.32. The van der Waals surface area contributed by atoms with Crippen LogP contribution in [0.5, 0.6) is 0 Å². The standard InChI is InChI=1S/2C10H9BrN2O2.Cu/c2*1-7-9(11)10(13(15)12(7)14)8-5-3-2-4-6-8;/h2*2-6,14H,1H3;. The Balaban J connectivity index is 0.000000213. The van der Waals surface area contributed by atoms with Crippen LogP contribution in [0.4, 0.5) is 0 Å². The third-order valence-electron chi connectivity index (χ3n) is 4.47. The zero-order chi connectivity index (χ0) is 22.0. The van der Waals surface area contributed by atoms with Crippen LogP contribution in [0.15, 0.2) is 69.6 Å². The molecule has 8 nitrogen and oxygen atoms in total. The summed E-state index contributed by atoms with van der Waals surface area (Å²) in [7, 11) is 0. The molecule has 0 amide bonds. The van der Waals surface area contributed by atoms with Gasteiger partial charge in [0.1, 0.15) is 20.3 Å². The van der Waals surface area contributed by atoms with Crippen LogP contribution in [0.1, 0.15) is 11.4 Å². The first-order chi connectivity index (χ1) is 14.3. The molecule has 4 aromatic rings. The van der Waals surface area contributed by atoms with E-state index in [4.69, 9.17) is 0 Å². The SMILES string of the molecule is Cc1c(Br)c(-c2ccccc2)[n+]([O-])n1O.Cc1c(Br)c(-c2ccccc2)[n+]([O-])n1O.[Cu]. The Morgan fingerprint density at radius 1 is 0.677 bits per heavy atom. The first kappa shape index (κ1) is 24.8. The summed E-state index contributed by atoms with van der Waals surface area (Å²) >= 11 is 6.57. The molecule has 0 unspecified atom stereocenters. The van der Waals surface area contributed by atoms with E-state index in [-0.39, 0.29) is 17.1 Å². The Hall–Kier alpha value is -2.46. The van der Waals surface area contributed by atoms with E-state index in [1.165, 1.54) is 0 Å². The molecule has 0 saturated heterocycles. The fraction of sp³-hybridized carbons (Fsp3) is 0.100. The number of nitrogens with zero attached hydrogens (tertiary/aromatic N) is 4. The molecule has 4 rings (SSSR count). The van der Waals surface area contributed by atoms with Gasteiger partial charge < -0.3 is 20.8 Å². The number of hydrogen-bond donors (Lipinski definition) is 2. The Kier molecular flexibility index (Phi) is 8.19. The summed E-state index contributed by atoms with van der Waals surface area (Å²) in [5.74, 6) is 0. The summed E-state index contributed by atoms with van der Waals surface area (Å²) in [6, 6.07) is 18.4. The smallest absolute Gasteiger partial charge is 0.269 e. The molecule has 0 spiro atoms. The van der Waals surface area contributed by atoms with Gasteiger partial charge in [-0.25, -0.2) is 0 Å². The first-order valence-electron chi connectivity index (χ1n) is 8.76. The van der Waals surface area contributed by atoms with E-state index in [2.05, 4.69) is 31.9 Å². The van der Waals surface area contributed by atoms with Crippen LogP contribution in [0.2, 0.25) is 0 Å². The minimum atomic E-state index is 0. The van der Waals surface area contributed by atoms with Crippen LogP contribution in [0, 0.1) is 24.3 Å². The third-order valence-corrected chi connectivity index (χ3v) is 6.37. The molecule has 0 saturated carbocycles. The van der Waals surface area contributed by atoms with Crippen LogP contribution >= 0.6 is 31.9 Å². The van der Waals surface area contributed by atoms with Crippen molar-refractivity contribution >= 4 is 31.9 Å². The fourth-order valence-electron chi connectivity index (χ4n) is 2.81. The van der Waals surface area contributed by atoms with Gasteiger partial charge in [-0.05, 0) is 79.7 Å². The molecule has 31 heavy (non-hydrogen) atoms. The van der Waals surface area contributed by atoms with Gasteiger partial charge in [0, 0.05) is 26.8 Å². The predicted molar refractivity (Wildman–Crippen MR) is 117 cm³/mol. The van der Waals surface area contributed by atoms with E-state index >= 15 is 0 Å². The van der Waals surface area contributed by atoms with Crippen LogP contribution in [0.25, 0.3) is 22.5 Å². The second kappa shape index (κ2) is 10.2. The van der Waals surface area contributed by atoms with Crippen molar-refractivity contribution in [3.63, 3.8) is 0 Å². The number of rotatable bonds is 2. The maximum atomic E-state index is 11.6. The molecule has 11 heteroatoms. The second-order valence-corrected chi connectivity index (χ2v) is 7.94. The van der Waals surface area contributed by atoms with Gasteiger partial charge in [-0.2, -0.15) is 0 Å². The van der Waals surface area contributed by atoms with Crippen molar-refractivity contribution in [1.82, 2.24) is 9.69 Å². The Labute approximate surface area is 205 Å². The molecule has 0 aliphatic heterocycles. The van der Waals surface area contributed by atoms with Gasteiger partial charge in [0.05, 0.1) is 11.1 Å². The third kappa shape index (κ3) is 4.74. The maximum Gasteiger partial charge on any atom is 0.269 e. The summed E-state index contributed by atoms with van der Waals surface area (Å²) in [5, 5.41) is 42.0. The zero-order valence-electron chi connectivity index (χ0n) is 16.3. The minimum Gasteiger partial charge on any atom is -0.593 e. The van der Waals surface area contributed by atoms with Gasteiger partial charge in [-0.3, -0.25) is 0 Å². The predicted octanol–water partition coefficient (Wildman–Crippen LogP) is 4.19. The van der Waals surface area contributed by atoms with Crippen molar-refractivity contribution in [2.45, 2.75) is 13.8 Å². The zero-order valence-corrected chi connectivity index (χ0v) is 20.4. The molecule has 0 atom stereocenters. The number of halogens is 2. The monoisotopic (exact) mass is 599 g/mol. The normalized spacial score (nSPS) is 10.2. The minimum absolute atomic E-state index is 0. The second-order valence-electron chi connectivity index (χ2n) is 6.35. The van der Waals surface area contributed by atoms with Gasteiger partial charge in [0.2, 0.25) is 0 Å². The van der Waals surface area contributed by atoms with Crippen LogP contribution in [0.3, 0.4) is 0 Å². The fourth-order valence-corrected chi connectivity index (χ4v) is 3.89. The summed E-state index contributed by atoms with van der Waals surface area (Å²) in [6.07, 6.45) is 0. The average Bonchev–Trinajstić information content (AvgIpc) is 3.08. The van der Waals surface area contributed by atoms with E-state index in [9.17, 15) is 20.8 Å². The van der Waals surface area contributed by atoms with Crippen molar-refractivity contribution in [3.05, 3.63) is 91.4 Å². The summed E-state index contributed by atoms with van der Waals surface area (Å²) in [5.41, 5.74) is 3.30. The molecular formula is C20H18Br2CuN4O4. The van der Waals surface area contributed by atoms with E-state index in [1.807, 2.05) is 60.7 Å². The topological polar surface area (TPSA) is 104 Å². The van der Waals surface area contributed by atoms with Crippen LogP contribution in [-0.4, -0.2) is 20.1 Å². The van der Waals surface area contributed by atoms with E-state index in [1.54, 1.807) is 13.8 Å². The number of hydrogen-bond acceptors (Lipinski definition) is 4. The summed E-state index contributed by atoms with van der Waals surface area (Å²) < 4.78 is 1.21. The van der Waals surface area contributed by atoms with Crippen LogP contribution in [-0.2, 0) is 17.1 Å². The van der Waals surface area contributed by atoms with E-state index in [0.29, 0.717) is 51.1 Å². The molecule has 0 aliphatic carbocycles. The Morgan fingerprint density at radius 3 is 1.19 bits per heavy atom.